The third-order valence-corrected chi connectivity index (χ3v) is 8.28. The third kappa shape index (κ3) is 1.94. The minimum absolute atomic E-state index is 0.0684. The molecule has 24 heavy (non-hydrogen) atoms. The molecule has 0 aromatic carbocycles. The second-order valence-corrected chi connectivity index (χ2v) is 9.55. The molecule has 0 aromatic rings. The Hall–Kier alpha value is -0.710. The second-order valence-electron chi connectivity index (χ2n) is 9.55. The summed E-state index contributed by atoms with van der Waals surface area (Å²) in [6, 6.07) is 0. The fourth-order valence-corrected chi connectivity index (χ4v) is 7.76. The molecule has 4 aliphatic carbocycles. The van der Waals surface area contributed by atoms with E-state index in [0.29, 0.717) is 18.3 Å². The van der Waals surface area contributed by atoms with E-state index < -0.39 is 11.5 Å². The van der Waals surface area contributed by atoms with Crippen molar-refractivity contribution < 1.29 is 20.1 Å². The molecule has 2 bridgehead atoms. The predicted molar refractivity (Wildman–Crippen MR) is 90.1 cm³/mol. The van der Waals surface area contributed by atoms with Crippen molar-refractivity contribution in [1.82, 2.24) is 0 Å². The average Bonchev–Trinajstić information content (AvgIpc) is 2.74. The van der Waals surface area contributed by atoms with Crippen LogP contribution in [0.4, 0.5) is 0 Å². The van der Waals surface area contributed by atoms with Crippen LogP contribution in [0.2, 0.25) is 0 Å². The molecule has 3 N–H and O–H groups in total. The number of aliphatic hydroxyl groups is 3. The van der Waals surface area contributed by atoms with E-state index >= 15 is 0 Å². The highest BCUT2D eigenvalue weighted by Crippen LogP contribution is 2.71. The molecule has 6 unspecified atom stereocenters. The van der Waals surface area contributed by atoms with E-state index in [4.69, 9.17) is 0 Å². The van der Waals surface area contributed by atoms with Gasteiger partial charge < -0.3 is 15.3 Å². The number of aliphatic hydroxyl groups excluding tert-OH is 3. The van der Waals surface area contributed by atoms with E-state index in [1.165, 1.54) is 5.57 Å². The normalized spacial score (nSPS) is 49.7. The highest BCUT2D eigenvalue weighted by molar-refractivity contribution is 5.81. The van der Waals surface area contributed by atoms with Crippen molar-refractivity contribution in [2.24, 2.45) is 34.0 Å². The van der Waals surface area contributed by atoms with Crippen molar-refractivity contribution in [3.05, 3.63) is 12.2 Å². The zero-order valence-corrected chi connectivity index (χ0v) is 14.6. The Bertz CT molecular complexity index is 580. The van der Waals surface area contributed by atoms with Gasteiger partial charge in [-0.05, 0) is 54.8 Å². The van der Waals surface area contributed by atoms with Crippen LogP contribution in [0.1, 0.15) is 51.9 Å². The summed E-state index contributed by atoms with van der Waals surface area (Å²) < 4.78 is 0. The molecule has 0 aliphatic heterocycles. The maximum Gasteiger partial charge on any atom is 0.134 e. The number of hydrogen-bond acceptors (Lipinski definition) is 4. The lowest BCUT2D eigenvalue weighted by Crippen LogP contribution is -2.65. The zero-order valence-electron chi connectivity index (χ0n) is 14.6. The van der Waals surface area contributed by atoms with E-state index in [1.54, 1.807) is 0 Å². The minimum Gasteiger partial charge on any atom is -0.396 e. The molecule has 0 aromatic heterocycles. The van der Waals surface area contributed by atoms with Crippen LogP contribution in [-0.4, -0.2) is 40.4 Å². The number of hydrogen-bond donors (Lipinski definition) is 3. The molecular formula is C20H30O4. The molecule has 4 nitrogen and oxygen atoms in total. The smallest absolute Gasteiger partial charge is 0.134 e. The average molecular weight is 334 g/mol. The van der Waals surface area contributed by atoms with E-state index in [9.17, 15) is 20.1 Å². The SMILES string of the molecule is C=C1CC23CC1CCC2C1(C)CC(=O)CC(CO)(CO)C1C(O)C3. The lowest BCUT2D eigenvalue weighted by Gasteiger charge is -2.65. The lowest BCUT2D eigenvalue weighted by molar-refractivity contribution is -0.217. The van der Waals surface area contributed by atoms with Gasteiger partial charge in [-0.15, -0.1) is 0 Å². The van der Waals surface area contributed by atoms with Crippen LogP contribution >= 0.6 is 0 Å². The van der Waals surface area contributed by atoms with Crippen molar-refractivity contribution in [3.63, 3.8) is 0 Å². The van der Waals surface area contributed by atoms with Gasteiger partial charge in [0, 0.05) is 24.2 Å². The minimum atomic E-state index is -0.877. The highest BCUT2D eigenvalue weighted by atomic mass is 16.3. The number of Topliss-reactive ketones (excluding diaryl/α,β-unsaturated/α-hetero) is 1. The fourth-order valence-electron chi connectivity index (χ4n) is 7.76. The molecule has 0 amide bonds. The highest BCUT2D eigenvalue weighted by Gasteiger charge is 2.68. The van der Waals surface area contributed by atoms with Gasteiger partial charge in [0.2, 0.25) is 0 Å². The van der Waals surface area contributed by atoms with Crippen molar-refractivity contribution in [2.45, 2.75) is 58.0 Å². The Morgan fingerprint density at radius 3 is 2.50 bits per heavy atom. The Balaban J connectivity index is 1.82. The van der Waals surface area contributed by atoms with Gasteiger partial charge in [0.1, 0.15) is 5.78 Å². The van der Waals surface area contributed by atoms with Gasteiger partial charge in [-0.25, -0.2) is 0 Å². The molecule has 0 heterocycles. The number of allylic oxidation sites excluding steroid dienone is 1. The summed E-state index contributed by atoms with van der Waals surface area (Å²) in [4.78, 5) is 12.6. The number of carbonyl (C=O) groups excluding carboxylic acids is 1. The molecule has 0 radical (unpaired) electrons. The van der Waals surface area contributed by atoms with Crippen LogP contribution in [0.15, 0.2) is 12.2 Å². The molecule has 4 fully saturated rings. The summed E-state index contributed by atoms with van der Waals surface area (Å²) in [5.74, 6) is 0.864. The van der Waals surface area contributed by atoms with Crippen LogP contribution in [-0.2, 0) is 4.79 Å². The van der Waals surface area contributed by atoms with Gasteiger partial charge in [-0.3, -0.25) is 4.79 Å². The molecule has 4 aliphatic rings. The predicted octanol–water partition coefficient (Wildman–Crippen LogP) is 2.07. The Morgan fingerprint density at radius 1 is 1.12 bits per heavy atom. The third-order valence-electron chi connectivity index (χ3n) is 8.28. The van der Waals surface area contributed by atoms with Gasteiger partial charge in [0.05, 0.1) is 19.3 Å². The van der Waals surface area contributed by atoms with Crippen molar-refractivity contribution >= 4 is 5.78 Å². The molecule has 6 atom stereocenters. The Kier molecular flexibility index (Phi) is 3.59. The van der Waals surface area contributed by atoms with Crippen LogP contribution in [0.25, 0.3) is 0 Å². The second kappa shape index (κ2) is 5.15. The van der Waals surface area contributed by atoms with E-state index in [1.807, 2.05) is 0 Å². The van der Waals surface area contributed by atoms with Crippen molar-refractivity contribution in [1.29, 1.82) is 0 Å². The Labute approximate surface area is 144 Å². The van der Waals surface area contributed by atoms with Gasteiger partial charge in [-0.2, -0.15) is 0 Å². The van der Waals surface area contributed by atoms with Crippen LogP contribution in [0.5, 0.6) is 0 Å². The fraction of sp³-hybridized carbons (Fsp3) is 0.850. The number of ketones is 1. The summed E-state index contributed by atoms with van der Waals surface area (Å²) >= 11 is 0. The molecule has 4 heteroatoms. The van der Waals surface area contributed by atoms with Crippen LogP contribution < -0.4 is 0 Å². The maximum atomic E-state index is 12.6. The molecule has 134 valence electrons. The van der Waals surface area contributed by atoms with Crippen LogP contribution in [0, 0.1) is 34.0 Å². The van der Waals surface area contributed by atoms with Crippen molar-refractivity contribution in [2.75, 3.05) is 13.2 Å². The summed E-state index contributed by atoms with van der Waals surface area (Å²) in [7, 11) is 0. The van der Waals surface area contributed by atoms with Gasteiger partial charge >= 0.3 is 0 Å². The molecule has 4 rings (SSSR count). The lowest BCUT2D eigenvalue weighted by atomic mass is 9.40. The monoisotopic (exact) mass is 334 g/mol. The summed E-state index contributed by atoms with van der Waals surface area (Å²) in [6.45, 7) is 5.96. The largest absolute Gasteiger partial charge is 0.396 e. The first-order chi connectivity index (χ1) is 11.3. The topological polar surface area (TPSA) is 77.8 Å². The molecule has 1 spiro atoms. The molecule has 0 saturated heterocycles. The van der Waals surface area contributed by atoms with Gasteiger partial charge in [0.25, 0.3) is 0 Å². The zero-order chi connectivity index (χ0) is 17.3. The number of rotatable bonds is 2. The summed E-state index contributed by atoms with van der Waals surface area (Å²) in [5.41, 5.74) is 0.175. The number of fused-ring (bicyclic) bond motifs is 3. The van der Waals surface area contributed by atoms with Gasteiger partial charge in [-0.1, -0.05) is 19.1 Å². The summed E-state index contributed by atoms with van der Waals surface area (Å²) in [6.07, 6.45) is 5.09. The number of carbonyl (C=O) groups is 1. The first-order valence-corrected chi connectivity index (χ1v) is 9.39. The van der Waals surface area contributed by atoms with E-state index in [-0.39, 0.29) is 42.2 Å². The summed E-state index contributed by atoms with van der Waals surface area (Å²) in [5, 5.41) is 31.3. The molecular weight excluding hydrogens is 304 g/mol. The van der Waals surface area contributed by atoms with E-state index in [0.717, 1.165) is 32.1 Å². The maximum absolute atomic E-state index is 12.6. The standard InChI is InChI=1S/C20H30O4/c1-12-5-19-6-13(12)3-4-16(19)18(2)7-14(23)8-20(10-21,11-22)17(18)15(24)9-19/h13,15-17,21-22,24H,1,3-11H2,2H3. The van der Waals surface area contributed by atoms with Crippen LogP contribution in [0.3, 0.4) is 0 Å². The first kappa shape index (κ1) is 16.7. The Morgan fingerprint density at radius 2 is 1.83 bits per heavy atom. The van der Waals surface area contributed by atoms with Gasteiger partial charge in [0.15, 0.2) is 0 Å². The quantitative estimate of drug-likeness (QED) is 0.676. The van der Waals surface area contributed by atoms with Crippen molar-refractivity contribution in [3.8, 4) is 0 Å². The van der Waals surface area contributed by atoms with E-state index in [2.05, 4.69) is 13.5 Å². The first-order valence-electron chi connectivity index (χ1n) is 9.39. The molecule has 4 saturated carbocycles.